The molecule has 0 saturated heterocycles. The molecule has 0 bridgehead atoms. The molecule has 0 radical (unpaired) electrons. The Bertz CT molecular complexity index is 1090. The van der Waals surface area contributed by atoms with E-state index in [4.69, 9.17) is 4.74 Å². The number of urea groups is 1. The van der Waals surface area contributed by atoms with E-state index in [2.05, 4.69) is 10.3 Å². The fourth-order valence-electron chi connectivity index (χ4n) is 3.79. The Morgan fingerprint density at radius 3 is 2.67 bits per heavy atom. The molecule has 0 saturated carbocycles. The second kappa shape index (κ2) is 8.86. The zero-order valence-electron chi connectivity index (χ0n) is 17.0. The van der Waals surface area contributed by atoms with E-state index in [-0.39, 0.29) is 12.6 Å². The lowest BCUT2D eigenvalue weighted by atomic mass is 10.0. The van der Waals surface area contributed by atoms with Crippen LogP contribution >= 0.6 is 0 Å². The van der Waals surface area contributed by atoms with Gasteiger partial charge in [-0.1, -0.05) is 48.5 Å². The van der Waals surface area contributed by atoms with Gasteiger partial charge in [0.15, 0.2) is 0 Å². The number of para-hydroxylation sites is 1. The molecule has 2 amide bonds. The molecule has 30 heavy (non-hydrogen) atoms. The van der Waals surface area contributed by atoms with E-state index in [1.807, 2.05) is 54.6 Å². The predicted octanol–water partition coefficient (Wildman–Crippen LogP) is 3.88. The van der Waals surface area contributed by atoms with Crippen molar-refractivity contribution in [2.24, 2.45) is 0 Å². The molecule has 6 heteroatoms. The molecule has 1 aliphatic rings. The molecule has 2 N–H and O–H groups in total. The highest BCUT2D eigenvalue weighted by molar-refractivity contribution is 6.18. The third-order valence-corrected chi connectivity index (χ3v) is 5.26. The van der Waals surface area contributed by atoms with Gasteiger partial charge >= 0.3 is 12.0 Å². The van der Waals surface area contributed by atoms with Crippen molar-refractivity contribution in [2.75, 3.05) is 19.7 Å². The highest BCUT2D eigenvalue weighted by atomic mass is 16.5. The first kappa shape index (κ1) is 19.8. The molecule has 0 aliphatic carbocycles. The monoisotopic (exact) mass is 403 g/mol. The van der Waals surface area contributed by atoms with Crippen molar-refractivity contribution >= 4 is 28.5 Å². The molecule has 2 aromatic carbocycles. The van der Waals surface area contributed by atoms with Crippen LogP contribution < -0.4 is 5.32 Å². The van der Waals surface area contributed by atoms with Crippen LogP contribution in [0.2, 0.25) is 0 Å². The first-order valence-electron chi connectivity index (χ1n) is 10.2. The smallest absolute Gasteiger partial charge is 0.341 e. The number of carbonyl (C=O) groups excluding carboxylic acids is 2. The number of benzene rings is 2. The second-order valence-corrected chi connectivity index (χ2v) is 7.20. The maximum atomic E-state index is 12.8. The van der Waals surface area contributed by atoms with Crippen LogP contribution in [0.4, 0.5) is 4.79 Å². The van der Waals surface area contributed by atoms with Crippen LogP contribution in [0.15, 0.2) is 60.8 Å². The Labute approximate surface area is 175 Å². The van der Waals surface area contributed by atoms with Gasteiger partial charge < -0.3 is 15.0 Å². The van der Waals surface area contributed by atoms with Crippen LogP contribution in [-0.2, 0) is 22.4 Å². The first-order chi connectivity index (χ1) is 14.7. The number of fused-ring (bicyclic) bond motifs is 3. The molecule has 154 valence electrons. The van der Waals surface area contributed by atoms with E-state index in [0.717, 1.165) is 34.1 Å². The number of nitrogens with zero attached hydrogens (tertiary/aromatic N) is 1. The number of H-pyrrole nitrogens is 1. The lowest BCUT2D eigenvalue weighted by molar-refractivity contribution is -0.136. The Kier molecular flexibility index (Phi) is 5.84. The van der Waals surface area contributed by atoms with Crippen molar-refractivity contribution in [2.45, 2.75) is 19.8 Å². The number of hydrogen-bond donors (Lipinski definition) is 2. The first-order valence-corrected chi connectivity index (χ1v) is 10.2. The fraction of sp³-hybridized carbons (Fsp3) is 0.250. The van der Waals surface area contributed by atoms with Gasteiger partial charge in [-0.15, -0.1) is 0 Å². The largest absolute Gasteiger partial charge is 0.462 e. The highest BCUT2D eigenvalue weighted by Gasteiger charge is 2.27. The van der Waals surface area contributed by atoms with E-state index >= 15 is 0 Å². The molecule has 0 fully saturated rings. The molecule has 1 aromatic heterocycles. The number of esters is 1. The summed E-state index contributed by atoms with van der Waals surface area (Å²) in [5, 5.41) is 4.02. The van der Waals surface area contributed by atoms with E-state index < -0.39 is 5.97 Å². The van der Waals surface area contributed by atoms with Crippen LogP contribution in [0.25, 0.3) is 16.5 Å². The summed E-state index contributed by atoms with van der Waals surface area (Å²) in [5.41, 5.74) is 4.27. The molecule has 0 atom stereocenters. The molecular weight excluding hydrogens is 378 g/mol. The minimum atomic E-state index is -0.436. The molecule has 2 heterocycles. The average molecular weight is 403 g/mol. The molecule has 4 rings (SSSR count). The molecule has 6 nitrogen and oxygen atoms in total. The van der Waals surface area contributed by atoms with Crippen LogP contribution in [0, 0.1) is 0 Å². The summed E-state index contributed by atoms with van der Waals surface area (Å²) in [5.74, 6) is -0.436. The summed E-state index contributed by atoms with van der Waals surface area (Å²) in [6, 6.07) is 17.7. The van der Waals surface area contributed by atoms with Crippen molar-refractivity contribution in [3.8, 4) is 0 Å². The number of hydrogen-bond acceptors (Lipinski definition) is 3. The van der Waals surface area contributed by atoms with Gasteiger partial charge in [-0.2, -0.15) is 0 Å². The second-order valence-electron chi connectivity index (χ2n) is 7.20. The lowest BCUT2D eigenvalue weighted by Gasteiger charge is -2.18. The number of amides is 2. The van der Waals surface area contributed by atoms with Gasteiger partial charge in [0.25, 0.3) is 0 Å². The van der Waals surface area contributed by atoms with E-state index in [0.29, 0.717) is 25.1 Å². The molecule has 1 aliphatic heterocycles. The van der Waals surface area contributed by atoms with Gasteiger partial charge in [0.1, 0.15) is 0 Å². The molecule has 0 spiro atoms. The summed E-state index contributed by atoms with van der Waals surface area (Å²) >= 11 is 0. The quantitative estimate of drug-likeness (QED) is 0.635. The lowest BCUT2D eigenvalue weighted by Crippen LogP contribution is -2.38. The van der Waals surface area contributed by atoms with Gasteiger partial charge in [-0.3, -0.25) is 4.90 Å². The molecule has 0 unspecified atom stereocenters. The Morgan fingerprint density at radius 2 is 1.87 bits per heavy atom. The van der Waals surface area contributed by atoms with Crippen molar-refractivity contribution < 1.29 is 14.3 Å². The summed E-state index contributed by atoms with van der Waals surface area (Å²) in [6.07, 6.45) is 3.00. The minimum absolute atomic E-state index is 0.220. The van der Waals surface area contributed by atoms with Crippen LogP contribution in [0.1, 0.15) is 23.7 Å². The highest BCUT2D eigenvalue weighted by Crippen LogP contribution is 2.31. The molecule has 3 aromatic rings. The predicted molar refractivity (Wildman–Crippen MR) is 117 cm³/mol. The van der Waals surface area contributed by atoms with Crippen molar-refractivity contribution in [1.82, 2.24) is 15.2 Å². The summed E-state index contributed by atoms with van der Waals surface area (Å²) < 4.78 is 5.27. The zero-order chi connectivity index (χ0) is 20.9. The number of aromatic nitrogens is 1. The zero-order valence-corrected chi connectivity index (χ0v) is 17.0. The fourth-order valence-corrected chi connectivity index (χ4v) is 3.79. The Hall–Kier alpha value is -3.54. The SMILES string of the molecule is CCOC(=O)C1=CN(C(=O)NCCc2ccccc2)CCc2c1[nH]c1ccccc21. The van der Waals surface area contributed by atoms with Crippen molar-refractivity contribution in [1.29, 1.82) is 0 Å². The van der Waals surface area contributed by atoms with Gasteiger partial charge in [0, 0.05) is 30.2 Å². The topological polar surface area (TPSA) is 74.4 Å². The summed E-state index contributed by atoms with van der Waals surface area (Å²) in [4.78, 5) is 30.4. The van der Waals surface area contributed by atoms with Crippen molar-refractivity contribution in [3.05, 3.63) is 77.6 Å². The molecular formula is C24H25N3O3. The number of rotatable bonds is 5. The van der Waals surface area contributed by atoms with Gasteiger partial charge in [-0.05, 0) is 37.0 Å². The third kappa shape index (κ3) is 4.08. The third-order valence-electron chi connectivity index (χ3n) is 5.26. The number of nitrogens with one attached hydrogen (secondary N) is 2. The average Bonchev–Trinajstić information content (AvgIpc) is 3.02. The van der Waals surface area contributed by atoms with E-state index in [1.54, 1.807) is 18.0 Å². The normalized spacial score (nSPS) is 13.4. The van der Waals surface area contributed by atoms with Gasteiger partial charge in [0.2, 0.25) is 0 Å². The summed E-state index contributed by atoms with van der Waals surface area (Å²) in [6.45, 7) is 3.05. The maximum absolute atomic E-state index is 12.8. The maximum Gasteiger partial charge on any atom is 0.341 e. The van der Waals surface area contributed by atoms with Crippen LogP contribution in [0.5, 0.6) is 0 Å². The van der Waals surface area contributed by atoms with Crippen LogP contribution in [0.3, 0.4) is 0 Å². The summed E-state index contributed by atoms with van der Waals surface area (Å²) in [7, 11) is 0. The standard InChI is InChI=1S/C24H25N3O3/c1-2-30-23(28)20-16-27(24(29)25-14-12-17-8-4-3-5-9-17)15-13-19-18-10-6-7-11-21(18)26-22(19)20/h3-11,16,26H,2,12-15H2,1H3,(H,25,29). The van der Waals surface area contributed by atoms with Crippen molar-refractivity contribution in [3.63, 3.8) is 0 Å². The Morgan fingerprint density at radius 1 is 1.10 bits per heavy atom. The van der Waals surface area contributed by atoms with E-state index in [9.17, 15) is 9.59 Å². The van der Waals surface area contributed by atoms with Crippen LogP contribution in [-0.4, -0.2) is 41.6 Å². The Balaban J connectivity index is 1.56. The minimum Gasteiger partial charge on any atom is -0.462 e. The van der Waals surface area contributed by atoms with E-state index in [1.165, 1.54) is 0 Å². The van der Waals surface area contributed by atoms with Gasteiger partial charge in [0.05, 0.1) is 17.9 Å². The number of ether oxygens (including phenoxy) is 1. The number of carbonyl (C=O) groups is 2. The number of aromatic amines is 1. The van der Waals surface area contributed by atoms with Gasteiger partial charge in [-0.25, -0.2) is 9.59 Å².